The molecule has 3 rings (SSSR count). The highest BCUT2D eigenvalue weighted by Gasteiger charge is 2.31. The van der Waals surface area contributed by atoms with Crippen molar-refractivity contribution in [1.29, 1.82) is 0 Å². The molecule has 0 radical (unpaired) electrons. The zero-order chi connectivity index (χ0) is 14.7. The van der Waals surface area contributed by atoms with Gasteiger partial charge >= 0.3 is 0 Å². The van der Waals surface area contributed by atoms with Crippen LogP contribution in [0.15, 0.2) is 42.5 Å². The summed E-state index contributed by atoms with van der Waals surface area (Å²) >= 11 is 0. The van der Waals surface area contributed by atoms with Crippen LogP contribution in [-0.4, -0.2) is 0 Å². The molecule has 3 N–H and O–H groups in total. The molecule has 0 saturated heterocycles. The van der Waals surface area contributed by atoms with Gasteiger partial charge in [-0.3, -0.25) is 11.3 Å². The standard InChI is InChI=1S/C19H26N2/c1-2-14-8-3-6-12-17(14)19(21-20)18-13-7-10-15-9-4-5-11-16(15)18/h4-5,7,9-11,13-14,17,19,21H,2-3,6,8,12,20H2,1H3. The maximum Gasteiger partial charge on any atom is 0.0496 e. The molecule has 0 amide bonds. The summed E-state index contributed by atoms with van der Waals surface area (Å²) in [5, 5.41) is 2.64. The minimum Gasteiger partial charge on any atom is -0.271 e. The van der Waals surface area contributed by atoms with E-state index in [-0.39, 0.29) is 6.04 Å². The molecule has 3 atom stereocenters. The van der Waals surface area contributed by atoms with E-state index in [2.05, 4.69) is 54.8 Å². The summed E-state index contributed by atoms with van der Waals surface area (Å²) in [7, 11) is 0. The monoisotopic (exact) mass is 282 g/mol. The number of hydrogen-bond acceptors (Lipinski definition) is 2. The van der Waals surface area contributed by atoms with Crippen LogP contribution in [0.1, 0.15) is 50.6 Å². The zero-order valence-electron chi connectivity index (χ0n) is 12.9. The fraction of sp³-hybridized carbons (Fsp3) is 0.474. The maximum atomic E-state index is 5.99. The van der Waals surface area contributed by atoms with E-state index in [0.29, 0.717) is 5.92 Å². The second-order valence-corrected chi connectivity index (χ2v) is 6.33. The molecule has 2 aromatic carbocycles. The quantitative estimate of drug-likeness (QED) is 0.637. The van der Waals surface area contributed by atoms with Crippen LogP contribution in [0, 0.1) is 11.8 Å². The fourth-order valence-corrected chi connectivity index (χ4v) is 4.15. The summed E-state index contributed by atoms with van der Waals surface area (Å²) in [5.41, 5.74) is 4.51. The summed E-state index contributed by atoms with van der Waals surface area (Å²) in [6, 6.07) is 15.5. The number of nitrogens with one attached hydrogen (secondary N) is 1. The van der Waals surface area contributed by atoms with Crippen LogP contribution in [0.25, 0.3) is 10.8 Å². The maximum absolute atomic E-state index is 5.99. The van der Waals surface area contributed by atoms with E-state index in [1.165, 1.54) is 48.4 Å². The molecule has 0 aromatic heterocycles. The Morgan fingerprint density at radius 2 is 1.86 bits per heavy atom. The van der Waals surface area contributed by atoms with E-state index < -0.39 is 0 Å². The van der Waals surface area contributed by atoms with Crippen molar-refractivity contribution in [3.05, 3.63) is 48.0 Å². The van der Waals surface area contributed by atoms with Gasteiger partial charge in [0, 0.05) is 6.04 Å². The summed E-state index contributed by atoms with van der Waals surface area (Å²) in [5.74, 6) is 7.44. The lowest BCUT2D eigenvalue weighted by Gasteiger charge is -2.37. The van der Waals surface area contributed by atoms with Gasteiger partial charge in [-0.15, -0.1) is 0 Å². The summed E-state index contributed by atoms with van der Waals surface area (Å²) in [6.45, 7) is 2.32. The van der Waals surface area contributed by atoms with Gasteiger partial charge in [0.25, 0.3) is 0 Å². The van der Waals surface area contributed by atoms with Crippen LogP contribution >= 0.6 is 0 Å². The van der Waals surface area contributed by atoms with Crippen LogP contribution < -0.4 is 11.3 Å². The first-order chi connectivity index (χ1) is 10.3. The first kappa shape index (κ1) is 14.6. The van der Waals surface area contributed by atoms with Gasteiger partial charge in [0.1, 0.15) is 0 Å². The lowest BCUT2D eigenvalue weighted by Crippen LogP contribution is -2.38. The van der Waals surface area contributed by atoms with Gasteiger partial charge in [0.05, 0.1) is 0 Å². The van der Waals surface area contributed by atoms with Crippen LogP contribution in [0.2, 0.25) is 0 Å². The number of benzene rings is 2. The van der Waals surface area contributed by atoms with E-state index in [1.54, 1.807) is 0 Å². The van der Waals surface area contributed by atoms with E-state index in [0.717, 1.165) is 5.92 Å². The Bertz CT molecular complexity index is 588. The molecule has 1 aliphatic rings. The van der Waals surface area contributed by atoms with E-state index in [1.807, 2.05) is 0 Å². The van der Waals surface area contributed by atoms with Gasteiger partial charge < -0.3 is 0 Å². The van der Waals surface area contributed by atoms with E-state index in [9.17, 15) is 0 Å². The highest BCUT2D eigenvalue weighted by Crippen LogP contribution is 2.41. The van der Waals surface area contributed by atoms with Gasteiger partial charge in [0.2, 0.25) is 0 Å². The Balaban J connectivity index is 2.01. The summed E-state index contributed by atoms with van der Waals surface area (Å²) in [4.78, 5) is 0. The molecular formula is C19H26N2. The van der Waals surface area contributed by atoms with Crippen molar-refractivity contribution in [3.63, 3.8) is 0 Å². The Labute approximate surface area is 127 Å². The number of nitrogens with two attached hydrogens (primary N) is 1. The molecule has 1 fully saturated rings. The minimum absolute atomic E-state index is 0.265. The van der Waals surface area contributed by atoms with Gasteiger partial charge in [-0.05, 0) is 34.6 Å². The Hall–Kier alpha value is -1.38. The fourth-order valence-electron chi connectivity index (χ4n) is 4.15. The van der Waals surface area contributed by atoms with Crippen molar-refractivity contribution in [2.24, 2.45) is 17.7 Å². The third-order valence-corrected chi connectivity index (χ3v) is 5.26. The van der Waals surface area contributed by atoms with E-state index >= 15 is 0 Å². The molecule has 112 valence electrons. The van der Waals surface area contributed by atoms with E-state index in [4.69, 9.17) is 5.84 Å². The molecule has 2 heteroatoms. The average molecular weight is 282 g/mol. The molecule has 3 unspecified atom stereocenters. The van der Waals surface area contributed by atoms with Crippen LogP contribution in [-0.2, 0) is 0 Å². The predicted molar refractivity (Wildman–Crippen MR) is 89.8 cm³/mol. The third-order valence-electron chi connectivity index (χ3n) is 5.26. The van der Waals surface area contributed by atoms with Crippen molar-refractivity contribution in [3.8, 4) is 0 Å². The van der Waals surface area contributed by atoms with Crippen molar-refractivity contribution in [2.75, 3.05) is 0 Å². The molecule has 1 saturated carbocycles. The highest BCUT2D eigenvalue weighted by atomic mass is 15.2. The van der Waals surface area contributed by atoms with Crippen LogP contribution in [0.5, 0.6) is 0 Å². The van der Waals surface area contributed by atoms with Crippen molar-refractivity contribution >= 4 is 10.8 Å². The largest absolute Gasteiger partial charge is 0.271 e. The number of fused-ring (bicyclic) bond motifs is 1. The smallest absolute Gasteiger partial charge is 0.0496 e. The first-order valence-corrected chi connectivity index (χ1v) is 8.29. The number of rotatable bonds is 4. The second-order valence-electron chi connectivity index (χ2n) is 6.33. The molecule has 0 aliphatic heterocycles. The summed E-state index contributed by atoms with van der Waals surface area (Å²) in [6.07, 6.45) is 6.61. The third kappa shape index (κ3) is 2.83. The Morgan fingerprint density at radius 1 is 1.10 bits per heavy atom. The molecule has 1 aliphatic carbocycles. The van der Waals surface area contributed by atoms with Gasteiger partial charge in [-0.1, -0.05) is 75.1 Å². The van der Waals surface area contributed by atoms with Crippen molar-refractivity contribution < 1.29 is 0 Å². The van der Waals surface area contributed by atoms with Crippen LogP contribution in [0.4, 0.5) is 0 Å². The Kier molecular flexibility index (Phi) is 4.57. The van der Waals surface area contributed by atoms with Crippen LogP contribution in [0.3, 0.4) is 0 Å². The molecule has 0 spiro atoms. The Morgan fingerprint density at radius 3 is 2.67 bits per heavy atom. The van der Waals surface area contributed by atoms with Crippen molar-refractivity contribution in [1.82, 2.24) is 5.43 Å². The van der Waals surface area contributed by atoms with Gasteiger partial charge in [0.15, 0.2) is 0 Å². The van der Waals surface area contributed by atoms with Crippen molar-refractivity contribution in [2.45, 2.75) is 45.1 Å². The lowest BCUT2D eigenvalue weighted by atomic mass is 9.72. The molecule has 0 heterocycles. The molecule has 2 nitrogen and oxygen atoms in total. The average Bonchev–Trinajstić information content (AvgIpc) is 2.56. The second kappa shape index (κ2) is 6.59. The first-order valence-electron chi connectivity index (χ1n) is 8.29. The SMILES string of the molecule is CCC1CCCCC1C(NN)c1cccc2ccccc12. The predicted octanol–water partition coefficient (Wildman–Crippen LogP) is 4.56. The molecular weight excluding hydrogens is 256 g/mol. The lowest BCUT2D eigenvalue weighted by molar-refractivity contribution is 0.177. The summed E-state index contributed by atoms with van der Waals surface area (Å²) < 4.78 is 0. The molecule has 0 bridgehead atoms. The topological polar surface area (TPSA) is 38.0 Å². The van der Waals surface area contributed by atoms with Gasteiger partial charge in [-0.25, -0.2) is 0 Å². The minimum atomic E-state index is 0.265. The zero-order valence-corrected chi connectivity index (χ0v) is 12.9. The highest BCUT2D eigenvalue weighted by molar-refractivity contribution is 5.86. The number of hydrazine groups is 1. The molecule has 2 aromatic rings. The van der Waals surface area contributed by atoms with Gasteiger partial charge in [-0.2, -0.15) is 0 Å². The number of hydrogen-bond donors (Lipinski definition) is 2. The normalized spacial score (nSPS) is 24.1. The molecule has 21 heavy (non-hydrogen) atoms.